The number of nitrogens with zero attached hydrogens (tertiary/aromatic N) is 1. The van der Waals surface area contributed by atoms with Crippen molar-refractivity contribution in [1.29, 1.82) is 0 Å². The maximum atomic E-state index is 12.8. The molecule has 9 heteroatoms. The average molecular weight is 391 g/mol. The van der Waals surface area contributed by atoms with E-state index in [2.05, 4.69) is 0 Å². The normalized spacial score (nSPS) is 20.4. The molecule has 0 radical (unpaired) electrons. The zero-order valence-corrected chi connectivity index (χ0v) is 14.7. The van der Waals surface area contributed by atoms with Crippen LogP contribution in [0, 0.1) is 0 Å². The first-order valence-corrected chi connectivity index (χ1v) is 10.1. The van der Waals surface area contributed by atoms with Crippen LogP contribution in [0.3, 0.4) is 0 Å². The monoisotopic (exact) mass is 391 g/mol. The Morgan fingerprint density at radius 2 is 1.96 bits per heavy atom. The molecule has 0 N–H and O–H groups in total. The Kier molecular flexibility index (Phi) is 5.17. The number of benzene rings is 1. The van der Waals surface area contributed by atoms with Gasteiger partial charge in [0, 0.05) is 18.8 Å². The van der Waals surface area contributed by atoms with Crippen LogP contribution >= 0.6 is 11.8 Å². The third-order valence-corrected chi connectivity index (χ3v) is 7.14. The highest BCUT2D eigenvalue weighted by molar-refractivity contribution is 7.99. The van der Waals surface area contributed by atoms with E-state index in [0.29, 0.717) is 18.2 Å². The van der Waals surface area contributed by atoms with Crippen LogP contribution in [0.5, 0.6) is 0 Å². The Labute approximate surface area is 148 Å². The molecule has 1 aliphatic rings. The lowest BCUT2D eigenvalue weighted by atomic mass is 10.2. The molecular formula is C16H16F3NO3S2. The van der Waals surface area contributed by atoms with E-state index < -0.39 is 21.8 Å². The number of alkyl halides is 3. The summed E-state index contributed by atoms with van der Waals surface area (Å²) < 4.78 is 70.6. The summed E-state index contributed by atoms with van der Waals surface area (Å²) >= 11 is 1.58. The van der Waals surface area contributed by atoms with Gasteiger partial charge in [0.15, 0.2) is 0 Å². The molecule has 25 heavy (non-hydrogen) atoms. The Morgan fingerprint density at radius 3 is 2.64 bits per heavy atom. The number of sulfonamides is 1. The first kappa shape index (κ1) is 18.3. The maximum Gasteiger partial charge on any atom is 0.416 e. The Bertz CT molecular complexity index is 819. The van der Waals surface area contributed by atoms with Gasteiger partial charge in [-0.2, -0.15) is 17.5 Å². The minimum absolute atomic E-state index is 0.0386. The fourth-order valence-corrected chi connectivity index (χ4v) is 5.47. The van der Waals surface area contributed by atoms with Crippen molar-refractivity contribution in [2.45, 2.75) is 22.7 Å². The smallest absolute Gasteiger partial charge is 0.416 e. The van der Waals surface area contributed by atoms with E-state index in [9.17, 15) is 21.6 Å². The number of thioether (sulfide) groups is 1. The number of furan rings is 1. The number of rotatable bonds is 3. The van der Waals surface area contributed by atoms with Gasteiger partial charge in [-0.25, -0.2) is 8.42 Å². The van der Waals surface area contributed by atoms with Crippen molar-refractivity contribution in [3.8, 4) is 0 Å². The topological polar surface area (TPSA) is 50.5 Å². The van der Waals surface area contributed by atoms with Crippen LogP contribution in [-0.2, 0) is 16.2 Å². The average Bonchev–Trinajstić information content (AvgIpc) is 2.98. The Balaban J connectivity index is 1.81. The van der Waals surface area contributed by atoms with E-state index in [1.807, 2.05) is 6.07 Å². The van der Waals surface area contributed by atoms with E-state index in [-0.39, 0.29) is 23.2 Å². The predicted octanol–water partition coefficient (Wildman–Crippen LogP) is 4.17. The minimum atomic E-state index is -4.58. The van der Waals surface area contributed by atoms with Crippen LogP contribution in [0.25, 0.3) is 0 Å². The predicted molar refractivity (Wildman–Crippen MR) is 88.7 cm³/mol. The minimum Gasteiger partial charge on any atom is -0.468 e. The second kappa shape index (κ2) is 7.05. The first-order valence-electron chi connectivity index (χ1n) is 7.61. The fraction of sp³-hybridized carbons (Fsp3) is 0.375. The van der Waals surface area contributed by atoms with Crippen molar-refractivity contribution in [2.24, 2.45) is 0 Å². The second-order valence-electron chi connectivity index (χ2n) is 5.59. The van der Waals surface area contributed by atoms with Gasteiger partial charge in [0.1, 0.15) is 5.76 Å². The van der Waals surface area contributed by atoms with Crippen LogP contribution in [0.2, 0.25) is 0 Å². The molecule has 0 saturated carbocycles. The molecule has 136 valence electrons. The van der Waals surface area contributed by atoms with E-state index in [0.717, 1.165) is 17.9 Å². The zero-order valence-electron chi connectivity index (χ0n) is 13.1. The van der Waals surface area contributed by atoms with Crippen molar-refractivity contribution in [3.05, 3.63) is 54.0 Å². The molecule has 0 amide bonds. The van der Waals surface area contributed by atoms with Crippen molar-refractivity contribution in [3.63, 3.8) is 0 Å². The maximum absolute atomic E-state index is 12.8. The summed E-state index contributed by atoms with van der Waals surface area (Å²) in [4.78, 5) is -0.330. The van der Waals surface area contributed by atoms with Gasteiger partial charge in [-0.3, -0.25) is 0 Å². The highest BCUT2D eigenvalue weighted by atomic mass is 32.2. The van der Waals surface area contributed by atoms with Gasteiger partial charge in [-0.15, -0.1) is 11.8 Å². The number of hydrogen-bond donors (Lipinski definition) is 0. The zero-order chi connectivity index (χ0) is 18.1. The molecule has 0 aliphatic carbocycles. The lowest BCUT2D eigenvalue weighted by Gasteiger charge is -2.20. The van der Waals surface area contributed by atoms with Gasteiger partial charge in [-0.05, 0) is 36.8 Å². The molecular weight excluding hydrogens is 375 g/mol. The molecule has 0 spiro atoms. The lowest BCUT2D eigenvalue weighted by Crippen LogP contribution is -2.33. The summed E-state index contributed by atoms with van der Waals surface area (Å²) in [6.07, 6.45) is -2.47. The summed E-state index contributed by atoms with van der Waals surface area (Å²) in [6, 6.07) is 7.49. The molecule has 1 aromatic heterocycles. The molecule has 1 aliphatic heterocycles. The van der Waals surface area contributed by atoms with Gasteiger partial charge in [0.2, 0.25) is 10.0 Å². The van der Waals surface area contributed by atoms with E-state index >= 15 is 0 Å². The molecule has 1 saturated heterocycles. The van der Waals surface area contributed by atoms with Crippen LogP contribution < -0.4 is 0 Å². The molecule has 2 heterocycles. The number of halogens is 3. The number of hydrogen-bond acceptors (Lipinski definition) is 4. The van der Waals surface area contributed by atoms with Crippen molar-refractivity contribution in [2.75, 3.05) is 18.8 Å². The summed E-state index contributed by atoms with van der Waals surface area (Å²) in [5, 5.41) is 0.0386. The summed E-state index contributed by atoms with van der Waals surface area (Å²) in [7, 11) is -3.97. The van der Waals surface area contributed by atoms with E-state index in [1.54, 1.807) is 24.1 Å². The molecule has 2 aromatic rings. The standard InChI is InChI=1S/C16H16F3NO3S2/c17-16(18,19)12-3-1-4-13(11-12)25(21,22)20-7-6-15(24-10-8-20)14-5-2-9-23-14/h1-5,9,11,15H,6-8,10H2/t15-/m1/s1. The third kappa shape index (κ3) is 4.04. The molecule has 3 rings (SSSR count). The van der Waals surface area contributed by atoms with Crippen LogP contribution in [0.15, 0.2) is 52.0 Å². The van der Waals surface area contributed by atoms with Gasteiger partial charge >= 0.3 is 6.18 Å². The fourth-order valence-electron chi connectivity index (χ4n) is 2.67. The van der Waals surface area contributed by atoms with Crippen LogP contribution in [-0.4, -0.2) is 31.6 Å². The van der Waals surface area contributed by atoms with E-state index in [4.69, 9.17) is 4.42 Å². The van der Waals surface area contributed by atoms with Gasteiger partial charge in [0.05, 0.1) is 22.0 Å². The summed E-state index contributed by atoms with van der Waals surface area (Å²) in [5.74, 6) is 1.33. The van der Waals surface area contributed by atoms with E-state index in [1.165, 1.54) is 10.4 Å². The van der Waals surface area contributed by atoms with Gasteiger partial charge < -0.3 is 4.42 Å². The van der Waals surface area contributed by atoms with Crippen LogP contribution in [0.4, 0.5) is 13.2 Å². The molecule has 1 fully saturated rings. The quantitative estimate of drug-likeness (QED) is 0.788. The second-order valence-corrected chi connectivity index (χ2v) is 8.84. The first-order chi connectivity index (χ1) is 11.8. The van der Waals surface area contributed by atoms with Crippen LogP contribution in [0.1, 0.15) is 23.0 Å². The highest BCUT2D eigenvalue weighted by Crippen LogP contribution is 2.36. The highest BCUT2D eigenvalue weighted by Gasteiger charge is 2.34. The van der Waals surface area contributed by atoms with Crippen molar-refractivity contribution >= 4 is 21.8 Å². The van der Waals surface area contributed by atoms with Crippen molar-refractivity contribution < 1.29 is 26.0 Å². The molecule has 0 bridgehead atoms. The molecule has 4 nitrogen and oxygen atoms in total. The van der Waals surface area contributed by atoms with Gasteiger partial charge in [0.25, 0.3) is 0 Å². The Hall–Kier alpha value is -1.45. The van der Waals surface area contributed by atoms with Gasteiger partial charge in [-0.1, -0.05) is 6.07 Å². The summed E-state index contributed by atoms with van der Waals surface area (Å²) in [5.41, 5.74) is -0.966. The molecule has 0 unspecified atom stereocenters. The largest absolute Gasteiger partial charge is 0.468 e. The molecule has 1 atom stereocenters. The SMILES string of the molecule is O=S(=O)(c1cccc(C(F)(F)F)c1)N1CCS[C@@H](c2ccco2)CC1. The summed E-state index contributed by atoms with van der Waals surface area (Å²) in [6.45, 7) is 0.484. The third-order valence-electron chi connectivity index (χ3n) is 3.96. The molecule has 1 aromatic carbocycles. The lowest BCUT2D eigenvalue weighted by molar-refractivity contribution is -0.137. The van der Waals surface area contributed by atoms with Crippen molar-refractivity contribution in [1.82, 2.24) is 4.31 Å². The Morgan fingerprint density at radius 1 is 1.16 bits per heavy atom.